The third-order valence-corrected chi connectivity index (χ3v) is 1.43. The molecule has 0 fully saturated rings. The highest BCUT2D eigenvalue weighted by Crippen LogP contribution is 2.01. The van der Waals surface area contributed by atoms with Crippen molar-refractivity contribution in [3.63, 3.8) is 0 Å². The summed E-state index contributed by atoms with van der Waals surface area (Å²) in [7, 11) is 0. The summed E-state index contributed by atoms with van der Waals surface area (Å²) in [4.78, 5) is 3.89. The maximum atomic E-state index is 11.9. The van der Waals surface area contributed by atoms with Crippen molar-refractivity contribution in [1.82, 2.24) is 4.98 Å². The van der Waals surface area contributed by atoms with Crippen LogP contribution in [0.5, 0.6) is 0 Å². The Morgan fingerprint density at radius 3 is 2.70 bits per heavy atom. The fraction of sp³-hybridized carbons (Fsp3) is 0.375. The molecular weight excluding hydrogens is 129 g/mol. The molecule has 1 aromatic heterocycles. The molecule has 0 aliphatic carbocycles. The lowest BCUT2D eigenvalue weighted by molar-refractivity contribution is 0.476. The number of alkyl halides is 1. The predicted molar refractivity (Wildman–Crippen MR) is 38.4 cm³/mol. The minimum absolute atomic E-state index is 0.468. The second-order valence-electron chi connectivity index (χ2n) is 2.14. The molecule has 1 rings (SSSR count). The number of aryl methyl sites for hydroxylation is 1. The van der Waals surface area contributed by atoms with Crippen LogP contribution in [-0.2, 0) is 13.1 Å². The molecule has 0 aliphatic rings. The van der Waals surface area contributed by atoms with E-state index in [9.17, 15) is 4.39 Å². The lowest BCUT2D eigenvalue weighted by Crippen LogP contribution is -1.87. The summed E-state index contributed by atoms with van der Waals surface area (Å²) in [6.07, 6.45) is 2.68. The topological polar surface area (TPSA) is 12.9 Å². The standard InChI is InChI=1S/C8H10FN/c1-2-7-3-4-8(5-9)10-6-7/h3-4,6H,2,5H2,1H3. The van der Waals surface area contributed by atoms with Gasteiger partial charge in [-0.15, -0.1) is 0 Å². The van der Waals surface area contributed by atoms with Gasteiger partial charge in [0.25, 0.3) is 0 Å². The number of aromatic nitrogens is 1. The zero-order valence-electron chi connectivity index (χ0n) is 5.97. The average Bonchev–Trinajstić information content (AvgIpc) is 2.05. The summed E-state index contributed by atoms with van der Waals surface area (Å²) in [5, 5.41) is 0. The molecule has 1 nitrogen and oxygen atoms in total. The van der Waals surface area contributed by atoms with Gasteiger partial charge in [-0.1, -0.05) is 13.0 Å². The van der Waals surface area contributed by atoms with Gasteiger partial charge in [0.05, 0.1) is 5.69 Å². The Morgan fingerprint density at radius 1 is 1.50 bits per heavy atom. The molecule has 1 heterocycles. The molecule has 0 aliphatic heterocycles. The van der Waals surface area contributed by atoms with Gasteiger partial charge < -0.3 is 0 Å². The second-order valence-corrected chi connectivity index (χ2v) is 2.14. The molecule has 0 spiro atoms. The van der Waals surface area contributed by atoms with Crippen LogP contribution in [0.1, 0.15) is 18.2 Å². The van der Waals surface area contributed by atoms with Gasteiger partial charge in [-0.25, -0.2) is 4.39 Å². The van der Waals surface area contributed by atoms with Gasteiger partial charge in [-0.3, -0.25) is 4.98 Å². The molecule has 0 aromatic carbocycles. The fourth-order valence-corrected chi connectivity index (χ4v) is 0.743. The zero-order valence-corrected chi connectivity index (χ0v) is 5.97. The van der Waals surface area contributed by atoms with E-state index in [4.69, 9.17) is 0 Å². The van der Waals surface area contributed by atoms with Crippen molar-refractivity contribution < 1.29 is 4.39 Å². The summed E-state index contributed by atoms with van der Waals surface area (Å²) >= 11 is 0. The highest BCUT2D eigenvalue weighted by atomic mass is 19.1. The number of nitrogens with zero attached hydrogens (tertiary/aromatic N) is 1. The van der Waals surface area contributed by atoms with Gasteiger partial charge in [0, 0.05) is 6.20 Å². The van der Waals surface area contributed by atoms with Crippen molar-refractivity contribution in [2.24, 2.45) is 0 Å². The van der Waals surface area contributed by atoms with Crippen LogP contribution in [0.25, 0.3) is 0 Å². The predicted octanol–water partition coefficient (Wildman–Crippen LogP) is 2.11. The van der Waals surface area contributed by atoms with Crippen LogP contribution in [0, 0.1) is 0 Å². The number of rotatable bonds is 2. The molecule has 0 saturated carbocycles. The van der Waals surface area contributed by atoms with Gasteiger partial charge in [-0.2, -0.15) is 0 Å². The first-order chi connectivity index (χ1) is 4.86. The Morgan fingerprint density at radius 2 is 2.30 bits per heavy atom. The first-order valence-electron chi connectivity index (χ1n) is 3.36. The molecule has 0 N–H and O–H groups in total. The van der Waals surface area contributed by atoms with Crippen molar-refractivity contribution in [2.75, 3.05) is 0 Å². The maximum Gasteiger partial charge on any atom is 0.131 e. The van der Waals surface area contributed by atoms with E-state index in [0.717, 1.165) is 12.0 Å². The minimum atomic E-state index is -0.468. The van der Waals surface area contributed by atoms with Crippen LogP contribution in [0.15, 0.2) is 18.3 Å². The van der Waals surface area contributed by atoms with Crippen molar-refractivity contribution in [1.29, 1.82) is 0 Å². The van der Waals surface area contributed by atoms with Crippen molar-refractivity contribution in [3.05, 3.63) is 29.6 Å². The van der Waals surface area contributed by atoms with E-state index >= 15 is 0 Å². The van der Waals surface area contributed by atoms with Crippen LogP contribution in [0.2, 0.25) is 0 Å². The van der Waals surface area contributed by atoms with Crippen molar-refractivity contribution >= 4 is 0 Å². The molecule has 0 unspecified atom stereocenters. The molecule has 10 heavy (non-hydrogen) atoms. The molecule has 2 heteroatoms. The van der Waals surface area contributed by atoms with Gasteiger partial charge in [0.15, 0.2) is 0 Å². The van der Waals surface area contributed by atoms with E-state index in [1.54, 1.807) is 12.3 Å². The summed E-state index contributed by atoms with van der Waals surface area (Å²) < 4.78 is 11.9. The van der Waals surface area contributed by atoms with Crippen molar-refractivity contribution in [2.45, 2.75) is 20.0 Å². The largest absolute Gasteiger partial charge is 0.258 e. The normalized spacial score (nSPS) is 9.80. The smallest absolute Gasteiger partial charge is 0.131 e. The van der Waals surface area contributed by atoms with Crippen LogP contribution in [0.4, 0.5) is 4.39 Å². The highest BCUT2D eigenvalue weighted by Gasteiger charge is 1.91. The third-order valence-electron chi connectivity index (χ3n) is 1.43. The SMILES string of the molecule is CCc1ccc(CF)nc1. The number of pyridine rings is 1. The number of hydrogen-bond acceptors (Lipinski definition) is 1. The van der Waals surface area contributed by atoms with Gasteiger partial charge >= 0.3 is 0 Å². The molecule has 1 aromatic rings. The number of halogens is 1. The van der Waals surface area contributed by atoms with Gasteiger partial charge in [0.2, 0.25) is 0 Å². The quantitative estimate of drug-likeness (QED) is 0.611. The third kappa shape index (κ3) is 1.53. The summed E-state index contributed by atoms with van der Waals surface area (Å²) in [6.45, 7) is 1.58. The second kappa shape index (κ2) is 3.30. The van der Waals surface area contributed by atoms with Crippen LogP contribution in [0.3, 0.4) is 0 Å². The lowest BCUT2D eigenvalue weighted by Gasteiger charge is -1.95. The Bertz CT molecular complexity index is 170. The number of hydrogen-bond donors (Lipinski definition) is 0. The van der Waals surface area contributed by atoms with Crippen LogP contribution >= 0.6 is 0 Å². The summed E-state index contributed by atoms with van der Waals surface area (Å²) in [5.74, 6) is 0. The summed E-state index contributed by atoms with van der Waals surface area (Å²) in [6, 6.07) is 3.63. The van der Waals surface area contributed by atoms with Gasteiger partial charge in [-0.05, 0) is 18.1 Å². The lowest BCUT2D eigenvalue weighted by atomic mass is 10.2. The maximum absolute atomic E-state index is 11.9. The monoisotopic (exact) mass is 139 g/mol. The molecular formula is C8H10FN. The molecule has 0 saturated heterocycles. The van der Waals surface area contributed by atoms with E-state index in [-0.39, 0.29) is 0 Å². The molecule has 0 atom stereocenters. The molecule has 54 valence electrons. The average molecular weight is 139 g/mol. The Kier molecular flexibility index (Phi) is 2.37. The zero-order chi connectivity index (χ0) is 7.40. The van der Waals surface area contributed by atoms with E-state index in [2.05, 4.69) is 4.98 Å². The Hall–Kier alpha value is -0.920. The van der Waals surface area contributed by atoms with E-state index in [1.807, 2.05) is 13.0 Å². The minimum Gasteiger partial charge on any atom is -0.258 e. The first kappa shape index (κ1) is 7.19. The van der Waals surface area contributed by atoms with Gasteiger partial charge in [0.1, 0.15) is 6.67 Å². The van der Waals surface area contributed by atoms with E-state index in [0.29, 0.717) is 5.69 Å². The highest BCUT2D eigenvalue weighted by molar-refractivity contribution is 5.13. The van der Waals surface area contributed by atoms with Crippen LogP contribution in [-0.4, -0.2) is 4.98 Å². The Labute approximate surface area is 59.9 Å². The molecule has 0 bridgehead atoms. The fourth-order valence-electron chi connectivity index (χ4n) is 0.743. The molecule has 0 radical (unpaired) electrons. The van der Waals surface area contributed by atoms with E-state index < -0.39 is 6.67 Å². The first-order valence-corrected chi connectivity index (χ1v) is 3.36. The molecule has 0 amide bonds. The Balaban J connectivity index is 2.80. The summed E-state index contributed by atoms with van der Waals surface area (Å²) in [5.41, 5.74) is 1.66. The van der Waals surface area contributed by atoms with Crippen LogP contribution < -0.4 is 0 Å². The van der Waals surface area contributed by atoms with Crippen molar-refractivity contribution in [3.8, 4) is 0 Å². The van der Waals surface area contributed by atoms with E-state index in [1.165, 1.54) is 0 Å².